The first-order chi connectivity index (χ1) is 12.5. The lowest BCUT2D eigenvalue weighted by Crippen LogP contribution is -2.32. The Hall–Kier alpha value is -1.87. The van der Waals surface area contributed by atoms with Crippen molar-refractivity contribution < 1.29 is 4.79 Å². The number of fused-ring (bicyclic) bond motifs is 2. The van der Waals surface area contributed by atoms with Crippen molar-refractivity contribution in [3.05, 3.63) is 48.0 Å². The molecule has 1 saturated carbocycles. The second kappa shape index (κ2) is 7.03. The summed E-state index contributed by atoms with van der Waals surface area (Å²) in [5.74, 6) is 2.89. The lowest BCUT2D eigenvalue weighted by Gasteiger charge is -2.28. The van der Waals surface area contributed by atoms with Crippen molar-refractivity contribution >= 4 is 16.7 Å². The normalized spacial score (nSPS) is 26.1. The van der Waals surface area contributed by atoms with Gasteiger partial charge in [-0.15, -0.1) is 0 Å². The number of amides is 1. The van der Waals surface area contributed by atoms with Crippen LogP contribution in [0.2, 0.25) is 0 Å². The number of benzene rings is 2. The Kier molecular flexibility index (Phi) is 4.74. The molecule has 3 nitrogen and oxygen atoms in total. The number of nitrogens with one attached hydrogen (secondary N) is 1. The average Bonchev–Trinajstić information content (AvgIpc) is 3.07. The van der Waals surface area contributed by atoms with E-state index < -0.39 is 0 Å². The van der Waals surface area contributed by atoms with Crippen LogP contribution in [0.1, 0.15) is 38.8 Å². The Bertz CT molecular complexity index is 782. The maximum absolute atomic E-state index is 11.9. The monoisotopic (exact) mass is 350 g/mol. The van der Waals surface area contributed by atoms with E-state index in [-0.39, 0.29) is 5.91 Å². The number of hydrogen-bond acceptors (Lipinski definition) is 2. The van der Waals surface area contributed by atoms with Crippen molar-refractivity contribution in [2.75, 3.05) is 19.6 Å². The van der Waals surface area contributed by atoms with Crippen molar-refractivity contribution in [1.29, 1.82) is 0 Å². The van der Waals surface area contributed by atoms with E-state index in [1.54, 1.807) is 0 Å². The summed E-state index contributed by atoms with van der Waals surface area (Å²) >= 11 is 0. The highest BCUT2D eigenvalue weighted by Crippen LogP contribution is 2.53. The molecule has 1 saturated heterocycles. The van der Waals surface area contributed by atoms with Crippen molar-refractivity contribution in [1.82, 2.24) is 10.2 Å². The Balaban J connectivity index is 1.34. The van der Waals surface area contributed by atoms with E-state index in [1.807, 2.05) is 0 Å². The summed E-state index contributed by atoms with van der Waals surface area (Å²) < 4.78 is 0. The number of piperidine rings is 1. The summed E-state index contributed by atoms with van der Waals surface area (Å²) in [6, 6.07) is 15.8. The summed E-state index contributed by atoms with van der Waals surface area (Å²) in [5, 5.41) is 5.85. The van der Waals surface area contributed by atoms with E-state index in [0.717, 1.165) is 18.4 Å². The number of rotatable bonds is 6. The largest absolute Gasteiger partial charge is 0.356 e. The van der Waals surface area contributed by atoms with Gasteiger partial charge in [0.1, 0.15) is 0 Å². The predicted octanol–water partition coefficient (Wildman–Crippen LogP) is 4.24. The van der Waals surface area contributed by atoms with Gasteiger partial charge in [0.25, 0.3) is 0 Å². The van der Waals surface area contributed by atoms with E-state index in [9.17, 15) is 4.79 Å². The molecule has 0 radical (unpaired) electrons. The smallest absolute Gasteiger partial charge is 0.220 e. The third kappa shape index (κ3) is 3.37. The molecule has 138 valence electrons. The minimum atomic E-state index is 0.214. The summed E-state index contributed by atoms with van der Waals surface area (Å²) in [5.41, 5.74) is 1.44. The first-order valence-electron chi connectivity index (χ1n) is 10.0. The van der Waals surface area contributed by atoms with Crippen LogP contribution >= 0.6 is 0 Å². The second-order valence-electron chi connectivity index (χ2n) is 8.59. The standard InChI is InChI=1S/C23H30N2O/c1-15(2)11-23(26)24-12-20-21-13-25(14-22(20)21)16(3)18-10-6-8-17-7-4-5-9-19(17)18/h4-10,15-16,20-22H,11-14H2,1-3H3,(H,24,26). The molecule has 4 rings (SSSR count). The summed E-state index contributed by atoms with van der Waals surface area (Å²) in [4.78, 5) is 14.5. The fourth-order valence-electron chi connectivity index (χ4n) is 4.79. The van der Waals surface area contributed by atoms with Crippen LogP contribution in [-0.4, -0.2) is 30.4 Å². The van der Waals surface area contributed by atoms with Gasteiger partial charge in [0.15, 0.2) is 0 Å². The fraction of sp³-hybridized carbons (Fsp3) is 0.522. The highest BCUT2D eigenvalue weighted by atomic mass is 16.1. The van der Waals surface area contributed by atoms with Crippen LogP contribution in [-0.2, 0) is 4.79 Å². The molecule has 26 heavy (non-hydrogen) atoms. The zero-order valence-corrected chi connectivity index (χ0v) is 16.1. The molecular formula is C23H30N2O. The number of hydrogen-bond donors (Lipinski definition) is 1. The SMILES string of the molecule is CC(C)CC(=O)NCC1C2CN(C(C)c3cccc4ccccc34)CC12. The number of carbonyl (C=O) groups excluding carboxylic acids is 1. The van der Waals surface area contributed by atoms with Crippen LogP contribution in [0.15, 0.2) is 42.5 Å². The fourth-order valence-corrected chi connectivity index (χ4v) is 4.79. The van der Waals surface area contributed by atoms with Gasteiger partial charge < -0.3 is 5.32 Å². The van der Waals surface area contributed by atoms with Crippen LogP contribution in [0.3, 0.4) is 0 Å². The van der Waals surface area contributed by atoms with Gasteiger partial charge in [-0.3, -0.25) is 9.69 Å². The lowest BCUT2D eigenvalue weighted by atomic mass is 9.98. The molecular weight excluding hydrogens is 320 g/mol. The third-order valence-corrected chi connectivity index (χ3v) is 6.35. The van der Waals surface area contributed by atoms with Crippen LogP contribution < -0.4 is 5.32 Å². The summed E-state index contributed by atoms with van der Waals surface area (Å²) in [6.07, 6.45) is 0.645. The van der Waals surface area contributed by atoms with Gasteiger partial charge in [0, 0.05) is 32.1 Å². The summed E-state index contributed by atoms with van der Waals surface area (Å²) in [7, 11) is 0. The molecule has 0 spiro atoms. The molecule has 2 aliphatic rings. The van der Waals surface area contributed by atoms with Crippen LogP contribution in [0.4, 0.5) is 0 Å². The molecule has 1 amide bonds. The molecule has 1 aliphatic heterocycles. The minimum Gasteiger partial charge on any atom is -0.356 e. The molecule has 1 N–H and O–H groups in total. The quantitative estimate of drug-likeness (QED) is 0.845. The van der Waals surface area contributed by atoms with Gasteiger partial charge in [0.2, 0.25) is 5.91 Å². The molecule has 1 aliphatic carbocycles. The van der Waals surface area contributed by atoms with Crippen LogP contribution in [0, 0.1) is 23.7 Å². The maximum atomic E-state index is 11.9. The van der Waals surface area contributed by atoms with Gasteiger partial charge in [0.05, 0.1) is 0 Å². The molecule has 3 atom stereocenters. The van der Waals surface area contributed by atoms with Crippen LogP contribution in [0.5, 0.6) is 0 Å². The summed E-state index contributed by atoms with van der Waals surface area (Å²) in [6.45, 7) is 9.73. The second-order valence-corrected chi connectivity index (χ2v) is 8.59. The molecule has 2 aromatic rings. The molecule has 2 aromatic carbocycles. The lowest BCUT2D eigenvalue weighted by molar-refractivity contribution is -0.121. The topological polar surface area (TPSA) is 32.3 Å². The Morgan fingerprint density at radius 1 is 1.08 bits per heavy atom. The van der Waals surface area contributed by atoms with E-state index in [1.165, 1.54) is 29.4 Å². The van der Waals surface area contributed by atoms with Crippen molar-refractivity contribution in [2.45, 2.75) is 33.2 Å². The zero-order valence-electron chi connectivity index (χ0n) is 16.1. The molecule has 0 aromatic heterocycles. The van der Waals surface area contributed by atoms with Crippen LogP contribution in [0.25, 0.3) is 10.8 Å². The number of carbonyl (C=O) groups is 1. The molecule has 3 heteroatoms. The minimum absolute atomic E-state index is 0.214. The Labute approximate surface area is 156 Å². The molecule has 0 bridgehead atoms. The Morgan fingerprint density at radius 3 is 2.50 bits per heavy atom. The highest BCUT2D eigenvalue weighted by Gasteiger charge is 2.55. The Morgan fingerprint density at radius 2 is 1.77 bits per heavy atom. The number of nitrogens with zero attached hydrogens (tertiary/aromatic N) is 1. The first-order valence-corrected chi connectivity index (χ1v) is 10.0. The van der Waals surface area contributed by atoms with E-state index in [4.69, 9.17) is 0 Å². The van der Waals surface area contributed by atoms with Crippen molar-refractivity contribution in [2.24, 2.45) is 23.7 Å². The first kappa shape index (κ1) is 17.5. The van der Waals surface area contributed by atoms with Gasteiger partial charge in [-0.25, -0.2) is 0 Å². The predicted molar refractivity (Wildman–Crippen MR) is 107 cm³/mol. The highest BCUT2D eigenvalue weighted by molar-refractivity contribution is 5.86. The van der Waals surface area contributed by atoms with E-state index in [0.29, 0.717) is 24.3 Å². The van der Waals surface area contributed by atoms with Gasteiger partial charge >= 0.3 is 0 Å². The third-order valence-electron chi connectivity index (χ3n) is 6.35. The zero-order chi connectivity index (χ0) is 18.3. The molecule has 3 unspecified atom stereocenters. The average molecular weight is 351 g/mol. The van der Waals surface area contributed by atoms with Crippen molar-refractivity contribution in [3.63, 3.8) is 0 Å². The van der Waals surface area contributed by atoms with Gasteiger partial charge in [-0.05, 0) is 46.9 Å². The van der Waals surface area contributed by atoms with Crippen molar-refractivity contribution in [3.8, 4) is 0 Å². The van der Waals surface area contributed by atoms with E-state index in [2.05, 4.69) is 73.5 Å². The van der Waals surface area contributed by atoms with Gasteiger partial charge in [-0.1, -0.05) is 56.3 Å². The number of likely N-dealkylation sites (tertiary alicyclic amines) is 1. The van der Waals surface area contributed by atoms with Gasteiger partial charge in [-0.2, -0.15) is 0 Å². The maximum Gasteiger partial charge on any atom is 0.220 e. The van der Waals surface area contributed by atoms with E-state index >= 15 is 0 Å². The molecule has 2 fully saturated rings. The molecule has 1 heterocycles.